The van der Waals surface area contributed by atoms with Gasteiger partial charge in [0.2, 0.25) is 0 Å². The molecule has 5 nitrogen and oxygen atoms in total. The Hall–Kier alpha value is -1.72. The molecule has 0 saturated carbocycles. The van der Waals surface area contributed by atoms with E-state index in [1.165, 1.54) is 5.56 Å². The fourth-order valence-corrected chi connectivity index (χ4v) is 2.34. The summed E-state index contributed by atoms with van der Waals surface area (Å²) in [4.78, 5) is 0. The number of aromatic nitrogens is 3. The topological polar surface area (TPSA) is 49.2 Å². The van der Waals surface area contributed by atoms with Crippen LogP contribution in [-0.4, -0.2) is 27.4 Å². The largest absolute Gasteiger partial charge is 0.347 e. The standard InChI is InChI=1S/C15H19N3O2/c1-10-5-6-11(2)13(7-10)18-8-12(16-17-18)14-9-19-15(3,4)20-14/h5-8,14H,9H2,1-4H3/t14-/m1/s1. The van der Waals surface area contributed by atoms with Crippen molar-refractivity contribution in [1.29, 1.82) is 0 Å². The SMILES string of the molecule is Cc1ccc(C)c(-n2cc([C@H]3COC(C)(C)O3)nn2)c1. The maximum Gasteiger partial charge on any atom is 0.163 e. The molecular formula is C15H19N3O2. The Morgan fingerprint density at radius 2 is 2.10 bits per heavy atom. The summed E-state index contributed by atoms with van der Waals surface area (Å²) in [6, 6.07) is 6.28. The summed E-state index contributed by atoms with van der Waals surface area (Å²) < 4.78 is 13.2. The molecule has 1 aromatic heterocycles. The van der Waals surface area contributed by atoms with Gasteiger partial charge in [0.25, 0.3) is 0 Å². The lowest BCUT2D eigenvalue weighted by molar-refractivity contribution is -0.139. The van der Waals surface area contributed by atoms with Crippen LogP contribution in [0, 0.1) is 13.8 Å². The van der Waals surface area contributed by atoms with Crippen molar-refractivity contribution in [2.75, 3.05) is 6.61 Å². The molecule has 0 bridgehead atoms. The molecule has 1 fully saturated rings. The predicted molar refractivity (Wildman–Crippen MR) is 74.7 cm³/mol. The van der Waals surface area contributed by atoms with Crippen LogP contribution in [0.25, 0.3) is 5.69 Å². The molecular weight excluding hydrogens is 254 g/mol. The summed E-state index contributed by atoms with van der Waals surface area (Å²) in [7, 11) is 0. The Balaban J connectivity index is 1.89. The van der Waals surface area contributed by atoms with Gasteiger partial charge >= 0.3 is 0 Å². The van der Waals surface area contributed by atoms with Crippen molar-refractivity contribution in [3.63, 3.8) is 0 Å². The molecule has 106 valence electrons. The Morgan fingerprint density at radius 1 is 1.30 bits per heavy atom. The van der Waals surface area contributed by atoms with Crippen molar-refractivity contribution in [3.8, 4) is 5.69 Å². The van der Waals surface area contributed by atoms with Crippen LogP contribution in [0.1, 0.15) is 36.8 Å². The van der Waals surface area contributed by atoms with E-state index in [-0.39, 0.29) is 6.10 Å². The van der Waals surface area contributed by atoms with Crippen LogP contribution in [0.2, 0.25) is 0 Å². The van der Waals surface area contributed by atoms with E-state index in [0.717, 1.165) is 16.9 Å². The van der Waals surface area contributed by atoms with Crippen LogP contribution < -0.4 is 0 Å². The van der Waals surface area contributed by atoms with Gasteiger partial charge in [-0.1, -0.05) is 17.3 Å². The Labute approximate surface area is 118 Å². The molecule has 1 atom stereocenters. The van der Waals surface area contributed by atoms with E-state index in [9.17, 15) is 0 Å². The lowest BCUT2D eigenvalue weighted by Crippen LogP contribution is -2.19. The number of rotatable bonds is 2. The third-order valence-electron chi connectivity index (χ3n) is 3.46. The van der Waals surface area contributed by atoms with Crippen molar-refractivity contribution < 1.29 is 9.47 Å². The molecule has 20 heavy (non-hydrogen) atoms. The van der Waals surface area contributed by atoms with Crippen LogP contribution in [-0.2, 0) is 9.47 Å². The molecule has 1 aliphatic rings. The highest BCUT2D eigenvalue weighted by Gasteiger charge is 2.35. The first-order chi connectivity index (χ1) is 9.44. The molecule has 0 radical (unpaired) electrons. The van der Waals surface area contributed by atoms with Gasteiger partial charge in [-0.3, -0.25) is 0 Å². The zero-order valence-electron chi connectivity index (χ0n) is 12.3. The zero-order chi connectivity index (χ0) is 14.3. The average Bonchev–Trinajstić information content (AvgIpc) is 2.98. The highest BCUT2D eigenvalue weighted by Crippen LogP contribution is 2.31. The van der Waals surface area contributed by atoms with Crippen molar-refractivity contribution in [1.82, 2.24) is 15.0 Å². The molecule has 0 N–H and O–H groups in total. The average molecular weight is 273 g/mol. The van der Waals surface area contributed by atoms with E-state index >= 15 is 0 Å². The molecule has 0 spiro atoms. The summed E-state index contributed by atoms with van der Waals surface area (Å²) in [5.74, 6) is -0.548. The van der Waals surface area contributed by atoms with Gasteiger partial charge in [0.15, 0.2) is 5.79 Å². The smallest absolute Gasteiger partial charge is 0.163 e. The minimum atomic E-state index is -0.548. The monoisotopic (exact) mass is 273 g/mol. The summed E-state index contributed by atoms with van der Waals surface area (Å²) in [5, 5.41) is 8.43. The normalized spacial score (nSPS) is 21.3. The molecule has 2 aromatic rings. The lowest BCUT2D eigenvalue weighted by Gasteiger charge is -2.15. The maximum atomic E-state index is 5.80. The number of ether oxygens (including phenoxy) is 2. The second-order valence-electron chi connectivity index (χ2n) is 5.70. The van der Waals surface area contributed by atoms with Crippen molar-refractivity contribution in [2.45, 2.75) is 39.6 Å². The van der Waals surface area contributed by atoms with Gasteiger partial charge in [-0.2, -0.15) is 0 Å². The van der Waals surface area contributed by atoms with Crippen LogP contribution in [0.3, 0.4) is 0 Å². The van der Waals surface area contributed by atoms with Crippen LogP contribution in [0.5, 0.6) is 0 Å². The maximum absolute atomic E-state index is 5.80. The third kappa shape index (κ3) is 2.46. The van der Waals surface area contributed by atoms with Gasteiger partial charge in [-0.15, -0.1) is 5.10 Å². The molecule has 1 saturated heterocycles. The summed E-state index contributed by atoms with van der Waals surface area (Å²) in [5.41, 5.74) is 4.21. The Bertz CT molecular complexity index is 634. The fraction of sp³-hybridized carbons (Fsp3) is 0.467. The number of benzene rings is 1. The van der Waals surface area contributed by atoms with Crippen LogP contribution in [0.4, 0.5) is 0 Å². The summed E-state index contributed by atoms with van der Waals surface area (Å²) in [6.45, 7) is 8.45. The van der Waals surface area contributed by atoms with Crippen molar-refractivity contribution >= 4 is 0 Å². The number of nitrogens with zero attached hydrogens (tertiary/aromatic N) is 3. The summed E-state index contributed by atoms with van der Waals surface area (Å²) in [6.07, 6.45) is 1.76. The van der Waals surface area contributed by atoms with Crippen molar-refractivity contribution in [2.24, 2.45) is 0 Å². The van der Waals surface area contributed by atoms with E-state index in [1.54, 1.807) is 4.68 Å². The zero-order valence-corrected chi connectivity index (χ0v) is 12.3. The van der Waals surface area contributed by atoms with Crippen LogP contribution >= 0.6 is 0 Å². The molecule has 5 heteroatoms. The van der Waals surface area contributed by atoms with E-state index in [4.69, 9.17) is 9.47 Å². The second kappa shape index (κ2) is 4.68. The Kier molecular flexibility index (Phi) is 3.11. The highest BCUT2D eigenvalue weighted by molar-refractivity contribution is 5.42. The third-order valence-corrected chi connectivity index (χ3v) is 3.46. The van der Waals surface area contributed by atoms with Gasteiger partial charge < -0.3 is 9.47 Å². The predicted octanol–water partition coefficient (Wildman–Crippen LogP) is 2.71. The van der Waals surface area contributed by atoms with E-state index < -0.39 is 5.79 Å². The number of hydrogen-bond acceptors (Lipinski definition) is 4. The fourth-order valence-electron chi connectivity index (χ4n) is 2.34. The number of aryl methyl sites for hydroxylation is 2. The molecule has 0 aliphatic carbocycles. The quantitative estimate of drug-likeness (QED) is 0.844. The van der Waals surface area contributed by atoms with Gasteiger partial charge in [0, 0.05) is 0 Å². The van der Waals surface area contributed by atoms with Crippen LogP contribution in [0.15, 0.2) is 24.4 Å². The lowest BCUT2D eigenvalue weighted by atomic mass is 10.1. The van der Waals surface area contributed by atoms with Crippen molar-refractivity contribution in [3.05, 3.63) is 41.2 Å². The minimum absolute atomic E-state index is 0.149. The second-order valence-corrected chi connectivity index (χ2v) is 5.70. The first-order valence-corrected chi connectivity index (χ1v) is 6.76. The van der Waals surface area contributed by atoms with Gasteiger partial charge in [-0.05, 0) is 44.9 Å². The minimum Gasteiger partial charge on any atom is -0.347 e. The van der Waals surface area contributed by atoms with E-state index in [2.05, 4.69) is 42.4 Å². The first kappa shape index (κ1) is 13.3. The highest BCUT2D eigenvalue weighted by atomic mass is 16.7. The molecule has 2 heterocycles. The van der Waals surface area contributed by atoms with Gasteiger partial charge in [0.1, 0.15) is 11.8 Å². The molecule has 0 amide bonds. The number of hydrogen-bond donors (Lipinski definition) is 0. The molecule has 3 rings (SSSR count). The van der Waals surface area contributed by atoms with Gasteiger partial charge in [0.05, 0.1) is 18.5 Å². The Morgan fingerprint density at radius 3 is 2.80 bits per heavy atom. The van der Waals surface area contributed by atoms with E-state index in [1.807, 2.05) is 20.0 Å². The van der Waals surface area contributed by atoms with E-state index in [0.29, 0.717) is 6.61 Å². The van der Waals surface area contributed by atoms with Gasteiger partial charge in [-0.25, -0.2) is 4.68 Å². The summed E-state index contributed by atoms with van der Waals surface area (Å²) >= 11 is 0. The first-order valence-electron chi connectivity index (χ1n) is 6.76. The molecule has 1 aliphatic heterocycles. The molecule has 1 aromatic carbocycles. The molecule has 0 unspecified atom stereocenters.